The molecule has 1 aromatic carbocycles. The highest BCUT2D eigenvalue weighted by molar-refractivity contribution is 6.30. The van der Waals surface area contributed by atoms with Gasteiger partial charge < -0.3 is 5.32 Å². The Morgan fingerprint density at radius 3 is 2.32 bits per heavy atom. The zero-order chi connectivity index (χ0) is 15.6. The summed E-state index contributed by atoms with van der Waals surface area (Å²) < 4.78 is 66.7. The van der Waals surface area contributed by atoms with Crippen LogP contribution in [0.1, 0.15) is 17.2 Å². The minimum Gasteiger partial charge on any atom is -0.314 e. The fraction of sp³-hybridized carbons (Fsp3) is 0.538. The maximum absolute atomic E-state index is 14.1. The molecule has 0 radical (unpaired) electrons. The molecule has 0 aliphatic carbocycles. The van der Waals surface area contributed by atoms with Crippen molar-refractivity contribution in [2.75, 3.05) is 32.9 Å². The van der Waals surface area contributed by atoms with Crippen LogP contribution in [0.25, 0.3) is 0 Å². The summed E-state index contributed by atoms with van der Waals surface area (Å²) in [6.45, 7) is 0.607. The normalized spacial score (nSPS) is 17.9. The number of nitrogens with zero attached hydrogens (tertiary/aromatic N) is 1. The Morgan fingerprint density at radius 1 is 1.23 bits per heavy atom. The lowest BCUT2D eigenvalue weighted by Gasteiger charge is -2.35. The maximum Gasteiger partial charge on any atom is 0.416 e. The Hall–Kier alpha value is -0.630. The lowest BCUT2D eigenvalue weighted by molar-refractivity contribution is -0.139. The lowest BCUT2D eigenvalue weighted by atomic mass is 9.98. The van der Waals surface area contributed by atoms with Gasteiger partial charge in [-0.15, -0.1) is 12.4 Å². The minimum atomic E-state index is -4.76. The van der Waals surface area contributed by atoms with E-state index in [0.717, 1.165) is 6.07 Å². The molecule has 9 heteroatoms. The van der Waals surface area contributed by atoms with E-state index in [2.05, 4.69) is 5.32 Å². The highest BCUT2D eigenvalue weighted by Crippen LogP contribution is 2.40. The standard InChI is InChI=1S/C13H14ClF5N2.ClH/c14-9-2-1-8(13(17,18)19)11(12(9)16)10(7-15)21-5-3-20-4-6-21;/h1-2,10,20H,3-7H2;1H/t10-;/m0./s1. The van der Waals surface area contributed by atoms with Crippen LogP contribution in [0.4, 0.5) is 22.0 Å². The number of rotatable bonds is 3. The molecule has 1 fully saturated rings. The van der Waals surface area contributed by atoms with E-state index in [-0.39, 0.29) is 12.4 Å². The number of hydrogen-bond donors (Lipinski definition) is 1. The van der Waals surface area contributed by atoms with Crippen molar-refractivity contribution < 1.29 is 22.0 Å². The van der Waals surface area contributed by atoms with Crippen molar-refractivity contribution in [3.8, 4) is 0 Å². The summed E-state index contributed by atoms with van der Waals surface area (Å²) in [5.74, 6) is -1.20. The van der Waals surface area contributed by atoms with E-state index in [1.807, 2.05) is 0 Å². The molecule has 1 atom stereocenters. The third kappa shape index (κ3) is 4.01. The van der Waals surface area contributed by atoms with E-state index in [4.69, 9.17) is 11.6 Å². The van der Waals surface area contributed by atoms with Gasteiger partial charge in [0.15, 0.2) is 0 Å². The SMILES string of the molecule is Cl.FC[C@@H](c1c(C(F)(F)F)ccc(Cl)c1F)N1CCNCC1. The highest BCUT2D eigenvalue weighted by atomic mass is 35.5. The summed E-state index contributed by atoms with van der Waals surface area (Å²) in [4.78, 5) is 1.50. The van der Waals surface area contributed by atoms with Crippen molar-refractivity contribution in [2.45, 2.75) is 12.2 Å². The van der Waals surface area contributed by atoms with E-state index in [0.29, 0.717) is 32.2 Å². The first-order chi connectivity index (χ1) is 9.86. The number of halogens is 7. The lowest BCUT2D eigenvalue weighted by Crippen LogP contribution is -2.46. The van der Waals surface area contributed by atoms with Gasteiger partial charge in [0.1, 0.15) is 12.5 Å². The molecular formula is C13H15Cl2F5N2. The van der Waals surface area contributed by atoms with Crippen LogP contribution in [0.15, 0.2) is 12.1 Å². The van der Waals surface area contributed by atoms with Crippen molar-refractivity contribution in [1.82, 2.24) is 10.2 Å². The fourth-order valence-electron chi connectivity index (χ4n) is 2.49. The zero-order valence-corrected chi connectivity index (χ0v) is 13.0. The summed E-state index contributed by atoms with van der Waals surface area (Å²) >= 11 is 5.58. The Kier molecular flexibility index (Phi) is 6.85. The molecule has 22 heavy (non-hydrogen) atoms. The summed E-state index contributed by atoms with van der Waals surface area (Å²) in [5, 5.41) is 2.57. The van der Waals surface area contributed by atoms with Crippen molar-refractivity contribution in [2.24, 2.45) is 0 Å². The van der Waals surface area contributed by atoms with Crippen molar-refractivity contribution >= 4 is 24.0 Å². The molecule has 1 N–H and O–H groups in total. The molecule has 1 heterocycles. The zero-order valence-electron chi connectivity index (χ0n) is 11.4. The van der Waals surface area contributed by atoms with Crippen LogP contribution in [-0.4, -0.2) is 37.8 Å². The first-order valence-electron chi connectivity index (χ1n) is 6.42. The molecule has 126 valence electrons. The van der Waals surface area contributed by atoms with E-state index in [9.17, 15) is 22.0 Å². The van der Waals surface area contributed by atoms with Crippen molar-refractivity contribution in [3.63, 3.8) is 0 Å². The molecule has 1 aliphatic rings. The Bertz CT molecular complexity index is 504. The number of piperazine rings is 1. The second kappa shape index (κ2) is 7.77. The van der Waals surface area contributed by atoms with Crippen molar-refractivity contribution in [1.29, 1.82) is 0 Å². The van der Waals surface area contributed by atoms with Gasteiger partial charge in [-0.1, -0.05) is 11.6 Å². The summed E-state index contributed by atoms with van der Waals surface area (Å²) in [5.41, 5.74) is -1.88. The number of alkyl halides is 4. The van der Waals surface area contributed by atoms with Gasteiger partial charge in [-0.3, -0.25) is 4.90 Å². The van der Waals surface area contributed by atoms with Crippen molar-refractivity contribution in [3.05, 3.63) is 34.1 Å². The largest absolute Gasteiger partial charge is 0.416 e. The third-order valence-corrected chi connectivity index (χ3v) is 3.80. The molecule has 1 saturated heterocycles. The van der Waals surface area contributed by atoms with E-state index in [1.165, 1.54) is 4.90 Å². The highest BCUT2D eigenvalue weighted by Gasteiger charge is 2.39. The van der Waals surface area contributed by atoms with Gasteiger partial charge in [0.05, 0.1) is 16.6 Å². The molecule has 2 nitrogen and oxygen atoms in total. The van der Waals surface area contributed by atoms with Gasteiger partial charge in [-0.25, -0.2) is 8.78 Å². The average molecular weight is 365 g/mol. The predicted octanol–water partition coefficient (Wildman–Crippen LogP) is 3.84. The monoisotopic (exact) mass is 364 g/mol. The van der Waals surface area contributed by atoms with Crippen LogP contribution in [-0.2, 0) is 6.18 Å². The second-order valence-corrected chi connectivity index (χ2v) is 5.18. The fourth-order valence-corrected chi connectivity index (χ4v) is 2.66. The molecule has 0 amide bonds. The Morgan fingerprint density at radius 2 is 1.82 bits per heavy atom. The molecule has 1 aromatic rings. The van der Waals surface area contributed by atoms with Gasteiger partial charge in [-0.05, 0) is 12.1 Å². The number of benzene rings is 1. The van der Waals surface area contributed by atoms with Gasteiger partial charge in [0.2, 0.25) is 0 Å². The smallest absolute Gasteiger partial charge is 0.314 e. The summed E-state index contributed by atoms with van der Waals surface area (Å²) in [6.07, 6.45) is -4.76. The van der Waals surface area contributed by atoms with Gasteiger partial charge >= 0.3 is 6.18 Å². The molecule has 0 spiro atoms. The first-order valence-corrected chi connectivity index (χ1v) is 6.80. The second-order valence-electron chi connectivity index (χ2n) is 4.78. The average Bonchev–Trinajstić information content (AvgIpc) is 2.44. The molecule has 2 rings (SSSR count). The van der Waals surface area contributed by atoms with Crippen LogP contribution in [0.5, 0.6) is 0 Å². The molecule has 1 aliphatic heterocycles. The Balaban J connectivity index is 0.00000242. The molecule has 0 unspecified atom stereocenters. The topological polar surface area (TPSA) is 15.3 Å². The van der Waals surface area contributed by atoms with Gasteiger partial charge in [-0.2, -0.15) is 13.2 Å². The van der Waals surface area contributed by atoms with Crippen LogP contribution in [0.3, 0.4) is 0 Å². The maximum atomic E-state index is 14.1. The van der Waals surface area contributed by atoms with E-state index in [1.54, 1.807) is 0 Å². The number of nitrogens with one attached hydrogen (secondary N) is 1. The first kappa shape index (κ1) is 19.4. The minimum absolute atomic E-state index is 0. The molecule has 0 aromatic heterocycles. The van der Waals surface area contributed by atoms with Gasteiger partial charge in [0, 0.05) is 31.7 Å². The molecular weight excluding hydrogens is 350 g/mol. The van der Waals surface area contributed by atoms with Crippen LogP contribution < -0.4 is 5.32 Å². The quantitative estimate of drug-likeness (QED) is 0.819. The molecule has 0 saturated carbocycles. The summed E-state index contributed by atoms with van der Waals surface area (Å²) in [6, 6.07) is 0.254. The molecule has 0 bridgehead atoms. The van der Waals surface area contributed by atoms with Crippen LogP contribution >= 0.6 is 24.0 Å². The third-order valence-electron chi connectivity index (χ3n) is 3.51. The van der Waals surface area contributed by atoms with E-state index >= 15 is 0 Å². The summed E-state index contributed by atoms with van der Waals surface area (Å²) in [7, 11) is 0. The van der Waals surface area contributed by atoms with Gasteiger partial charge in [0.25, 0.3) is 0 Å². The van der Waals surface area contributed by atoms with Crippen LogP contribution in [0, 0.1) is 5.82 Å². The van der Waals surface area contributed by atoms with E-state index < -0.39 is 40.9 Å². The van der Waals surface area contributed by atoms with Crippen LogP contribution in [0.2, 0.25) is 5.02 Å². The predicted molar refractivity (Wildman–Crippen MR) is 76.8 cm³/mol. The Labute approximate surface area is 136 Å². The number of hydrogen-bond acceptors (Lipinski definition) is 2.